The predicted octanol–water partition coefficient (Wildman–Crippen LogP) is 2.55. The topological polar surface area (TPSA) is 79.2 Å². The Hall–Kier alpha value is -2.80. The van der Waals surface area contributed by atoms with Crippen molar-refractivity contribution in [3.05, 3.63) is 60.2 Å². The van der Waals surface area contributed by atoms with E-state index >= 15 is 0 Å². The fraction of sp³-hybridized carbons (Fsp3) is 0.118. The van der Waals surface area contributed by atoms with Crippen LogP contribution in [0.2, 0.25) is 0 Å². The lowest BCUT2D eigenvalue weighted by atomic mass is 10.2. The fourth-order valence-electron chi connectivity index (χ4n) is 2.21. The Kier molecular flexibility index (Phi) is 4.02. The van der Waals surface area contributed by atoms with Gasteiger partial charge in [-0.3, -0.25) is 4.79 Å². The number of hydrazone groups is 1. The Morgan fingerprint density at radius 2 is 1.58 bits per heavy atom. The first kappa shape index (κ1) is 16.1. The Morgan fingerprint density at radius 1 is 0.958 bits per heavy atom. The molecular weight excluding hydrogens is 326 g/mol. The fourth-order valence-corrected chi connectivity index (χ4v) is 3.18. The first-order valence-corrected chi connectivity index (χ1v) is 8.69. The monoisotopic (exact) mass is 341 g/mol. The molecule has 6 nitrogen and oxygen atoms in total. The average Bonchev–Trinajstić information content (AvgIpc) is 2.84. The Labute approximate surface area is 140 Å². The van der Waals surface area contributed by atoms with Crippen LogP contribution in [0.1, 0.15) is 12.5 Å². The molecule has 0 fully saturated rings. The minimum Gasteiger partial charge on any atom is -0.284 e. The van der Waals surface area contributed by atoms with Crippen LogP contribution in [0.3, 0.4) is 0 Å². The normalized spacial score (nSPS) is 16.6. The van der Waals surface area contributed by atoms with E-state index in [0.717, 1.165) is 5.56 Å². The van der Waals surface area contributed by atoms with E-state index in [9.17, 15) is 13.2 Å². The van der Waals surface area contributed by atoms with Crippen molar-refractivity contribution >= 4 is 33.0 Å². The van der Waals surface area contributed by atoms with Crippen molar-refractivity contribution in [1.29, 1.82) is 0 Å². The highest BCUT2D eigenvalue weighted by Crippen LogP contribution is 2.22. The summed E-state index contributed by atoms with van der Waals surface area (Å²) in [6.07, 6.45) is 0. The number of anilines is 1. The Bertz CT molecular complexity index is 946. The molecule has 0 atom stereocenters. The number of para-hydroxylation sites is 1. The lowest BCUT2D eigenvalue weighted by Crippen LogP contribution is -2.28. The molecule has 122 valence electrons. The van der Waals surface area contributed by atoms with Crippen LogP contribution in [0.5, 0.6) is 0 Å². The van der Waals surface area contributed by atoms with Crippen LogP contribution in [-0.2, 0) is 14.8 Å². The highest BCUT2D eigenvalue weighted by Gasteiger charge is 2.32. The zero-order valence-corrected chi connectivity index (χ0v) is 14.0. The lowest BCUT2D eigenvalue weighted by Gasteiger charge is -2.13. The van der Waals surface area contributed by atoms with Gasteiger partial charge in [0.2, 0.25) is 11.6 Å². The zero-order valence-electron chi connectivity index (χ0n) is 13.2. The van der Waals surface area contributed by atoms with E-state index in [2.05, 4.69) is 9.50 Å². The number of aryl methyl sites for hydroxylation is 1. The van der Waals surface area contributed by atoms with Crippen molar-refractivity contribution < 1.29 is 13.2 Å². The first-order chi connectivity index (χ1) is 11.4. The molecule has 0 spiro atoms. The molecule has 0 saturated carbocycles. The van der Waals surface area contributed by atoms with Crippen molar-refractivity contribution in [2.75, 3.05) is 5.01 Å². The van der Waals surface area contributed by atoms with Gasteiger partial charge in [-0.05, 0) is 38.1 Å². The number of ketones is 1. The van der Waals surface area contributed by atoms with Gasteiger partial charge in [0, 0.05) is 0 Å². The molecule has 1 heterocycles. The number of benzene rings is 2. The largest absolute Gasteiger partial charge is 0.284 e. The molecule has 1 aliphatic rings. The zero-order chi connectivity index (χ0) is 17.3. The van der Waals surface area contributed by atoms with Crippen molar-refractivity contribution in [3.8, 4) is 0 Å². The van der Waals surface area contributed by atoms with Crippen LogP contribution in [0.25, 0.3) is 0 Å². The SMILES string of the molecule is CC1=NN(c2ccccc2)C(=NS(=O)(=O)c2ccc(C)cc2)C1=O. The maximum Gasteiger partial charge on any atom is 0.284 e. The summed E-state index contributed by atoms with van der Waals surface area (Å²) in [5.74, 6) is -0.728. The van der Waals surface area contributed by atoms with Gasteiger partial charge in [-0.1, -0.05) is 35.9 Å². The minimum atomic E-state index is -4.01. The second kappa shape index (κ2) is 6.01. The summed E-state index contributed by atoms with van der Waals surface area (Å²) < 4.78 is 28.8. The summed E-state index contributed by atoms with van der Waals surface area (Å²) >= 11 is 0. The number of carbonyl (C=O) groups excluding carboxylic acids is 1. The molecule has 0 amide bonds. The summed E-state index contributed by atoms with van der Waals surface area (Å²) in [5, 5.41) is 5.37. The lowest BCUT2D eigenvalue weighted by molar-refractivity contribution is -0.107. The van der Waals surface area contributed by atoms with E-state index in [1.54, 1.807) is 36.4 Å². The molecule has 0 aliphatic carbocycles. The molecule has 7 heteroatoms. The Morgan fingerprint density at radius 3 is 2.21 bits per heavy atom. The molecule has 0 aromatic heterocycles. The summed E-state index contributed by atoms with van der Waals surface area (Å²) in [4.78, 5) is 12.3. The van der Waals surface area contributed by atoms with Crippen molar-refractivity contribution in [3.63, 3.8) is 0 Å². The Balaban J connectivity index is 2.07. The summed E-state index contributed by atoms with van der Waals surface area (Å²) in [7, 11) is -4.01. The van der Waals surface area contributed by atoms with Crippen LogP contribution in [0.4, 0.5) is 5.69 Å². The standard InChI is InChI=1S/C17H15N3O3S/c1-12-8-10-15(11-9-12)24(22,23)19-17-16(21)13(2)18-20(17)14-6-4-3-5-7-14/h3-11H,1-2H3. The third-order valence-corrected chi connectivity index (χ3v) is 4.79. The summed E-state index contributed by atoms with van der Waals surface area (Å²) in [5.41, 5.74) is 1.70. The molecule has 0 saturated heterocycles. The molecule has 2 aromatic carbocycles. The third-order valence-electron chi connectivity index (χ3n) is 3.51. The number of nitrogens with zero attached hydrogens (tertiary/aromatic N) is 3. The van der Waals surface area contributed by atoms with Crippen LogP contribution >= 0.6 is 0 Å². The molecule has 0 N–H and O–H groups in total. The number of sulfonamides is 1. The van der Waals surface area contributed by atoms with E-state index in [-0.39, 0.29) is 16.4 Å². The van der Waals surface area contributed by atoms with E-state index in [1.807, 2.05) is 13.0 Å². The van der Waals surface area contributed by atoms with E-state index in [0.29, 0.717) is 5.69 Å². The highest BCUT2D eigenvalue weighted by molar-refractivity contribution is 7.90. The van der Waals surface area contributed by atoms with Crippen LogP contribution < -0.4 is 5.01 Å². The molecule has 24 heavy (non-hydrogen) atoms. The number of Topliss-reactive ketones (excluding diaryl/α,β-unsaturated/α-hetero) is 1. The number of amidine groups is 1. The number of hydrogen-bond acceptors (Lipinski definition) is 4. The van der Waals surface area contributed by atoms with Gasteiger partial charge >= 0.3 is 0 Å². The molecule has 2 aromatic rings. The maximum absolute atomic E-state index is 12.5. The number of carbonyl (C=O) groups is 1. The molecule has 0 bridgehead atoms. The van der Waals surface area contributed by atoms with E-state index in [1.165, 1.54) is 24.1 Å². The van der Waals surface area contributed by atoms with Crippen LogP contribution in [-0.4, -0.2) is 25.7 Å². The summed E-state index contributed by atoms with van der Waals surface area (Å²) in [6, 6.07) is 15.1. The first-order valence-electron chi connectivity index (χ1n) is 7.25. The van der Waals surface area contributed by atoms with Gasteiger partial charge in [0.25, 0.3) is 10.0 Å². The van der Waals surface area contributed by atoms with Crippen molar-refractivity contribution in [2.24, 2.45) is 9.50 Å². The van der Waals surface area contributed by atoms with Gasteiger partial charge in [0.15, 0.2) is 0 Å². The predicted molar refractivity (Wildman–Crippen MR) is 92.8 cm³/mol. The molecule has 0 unspecified atom stereocenters. The van der Waals surface area contributed by atoms with E-state index in [4.69, 9.17) is 0 Å². The maximum atomic E-state index is 12.5. The molecule has 0 radical (unpaired) electrons. The quantitative estimate of drug-likeness (QED) is 0.859. The smallest absolute Gasteiger partial charge is 0.284 e. The number of rotatable bonds is 3. The molecule has 3 rings (SSSR count). The minimum absolute atomic E-state index is 0.0333. The second-order valence-electron chi connectivity index (χ2n) is 5.36. The summed E-state index contributed by atoms with van der Waals surface area (Å²) in [6.45, 7) is 3.39. The van der Waals surface area contributed by atoms with Gasteiger partial charge in [-0.2, -0.15) is 13.5 Å². The molecule has 1 aliphatic heterocycles. The highest BCUT2D eigenvalue weighted by atomic mass is 32.2. The van der Waals surface area contributed by atoms with Crippen LogP contribution in [0.15, 0.2) is 69.0 Å². The average molecular weight is 341 g/mol. The number of hydrogen-bond donors (Lipinski definition) is 0. The van der Waals surface area contributed by atoms with Gasteiger partial charge in [0.1, 0.15) is 5.71 Å². The second-order valence-corrected chi connectivity index (χ2v) is 6.97. The molecular formula is C17H15N3O3S. The van der Waals surface area contributed by atoms with Gasteiger partial charge < -0.3 is 0 Å². The van der Waals surface area contributed by atoms with E-state index < -0.39 is 15.8 Å². The van der Waals surface area contributed by atoms with Crippen LogP contribution in [0, 0.1) is 6.92 Å². The van der Waals surface area contributed by atoms with Crippen molar-refractivity contribution in [1.82, 2.24) is 0 Å². The van der Waals surface area contributed by atoms with Gasteiger partial charge in [-0.25, -0.2) is 5.01 Å². The van der Waals surface area contributed by atoms with Crippen molar-refractivity contribution in [2.45, 2.75) is 18.7 Å². The van der Waals surface area contributed by atoms with Gasteiger partial charge in [-0.15, -0.1) is 4.40 Å². The third kappa shape index (κ3) is 2.98. The van der Waals surface area contributed by atoms with Gasteiger partial charge in [0.05, 0.1) is 10.6 Å².